The van der Waals surface area contributed by atoms with Crippen LogP contribution in [-0.4, -0.2) is 76.4 Å². The molecule has 0 aliphatic carbocycles. The van der Waals surface area contributed by atoms with Crippen molar-refractivity contribution in [2.45, 2.75) is 50.7 Å². The first kappa shape index (κ1) is 26.0. The molecular weight excluding hydrogens is 432 g/mol. The van der Waals surface area contributed by atoms with Crippen LogP contribution in [0.5, 0.6) is 0 Å². The molecule has 2 aliphatic rings. The number of hydrogen-bond donors (Lipinski definition) is 3. The molecule has 10 heteroatoms. The maximum Gasteiger partial charge on any atom is 0.525 e. The van der Waals surface area contributed by atoms with Crippen LogP contribution in [0.25, 0.3) is 0 Å². The summed E-state index contributed by atoms with van der Waals surface area (Å²) in [4.78, 5) is 40.6. The van der Waals surface area contributed by atoms with Crippen LogP contribution in [0.1, 0.15) is 49.4 Å². The van der Waals surface area contributed by atoms with E-state index in [4.69, 9.17) is 15.7 Å². The predicted molar refractivity (Wildman–Crippen MR) is 124 cm³/mol. The molecule has 1 atom stereocenters. The summed E-state index contributed by atoms with van der Waals surface area (Å²) in [5, 5.41) is 13.7. The maximum atomic E-state index is 12.8. The zero-order chi connectivity index (χ0) is 23.6. The van der Waals surface area contributed by atoms with Gasteiger partial charge in [0.1, 0.15) is 0 Å². The average Bonchev–Trinajstić information content (AvgIpc) is 3.03. The van der Waals surface area contributed by atoms with E-state index in [0.29, 0.717) is 31.5 Å². The van der Waals surface area contributed by atoms with Gasteiger partial charge in [0.05, 0.1) is 11.7 Å². The molecule has 3 rings (SSSR count). The van der Waals surface area contributed by atoms with Gasteiger partial charge in [-0.3, -0.25) is 14.9 Å². The summed E-state index contributed by atoms with van der Waals surface area (Å²) < 4.78 is 0. The van der Waals surface area contributed by atoms with Gasteiger partial charge in [0.25, 0.3) is 0 Å². The molecule has 1 unspecified atom stereocenters. The number of hydroxylamine groups is 2. The van der Waals surface area contributed by atoms with E-state index in [1.165, 1.54) is 5.06 Å². The van der Waals surface area contributed by atoms with Crippen molar-refractivity contribution < 1.29 is 24.3 Å². The summed E-state index contributed by atoms with van der Waals surface area (Å²) in [5.41, 5.74) is 5.19. The van der Waals surface area contributed by atoms with E-state index in [9.17, 15) is 14.4 Å². The number of nitrogens with zero attached hydrogens (tertiary/aromatic N) is 2. The molecule has 0 aromatic heterocycles. The van der Waals surface area contributed by atoms with E-state index in [0.717, 1.165) is 31.6 Å². The minimum atomic E-state index is -1.28. The molecule has 4 N–H and O–H groups in total. The van der Waals surface area contributed by atoms with Gasteiger partial charge >= 0.3 is 6.16 Å². The summed E-state index contributed by atoms with van der Waals surface area (Å²) >= 11 is 1.75. The second kappa shape index (κ2) is 12.7. The molecule has 9 nitrogen and oxygen atoms in total. The first-order chi connectivity index (χ1) is 15.3. The highest BCUT2D eigenvalue weighted by Gasteiger charge is 2.51. The molecule has 2 heterocycles. The van der Waals surface area contributed by atoms with Gasteiger partial charge in [-0.05, 0) is 37.0 Å². The minimum Gasteiger partial charge on any atom is -0.448 e. The molecule has 1 aromatic rings. The summed E-state index contributed by atoms with van der Waals surface area (Å²) in [6.45, 7) is 3.89. The van der Waals surface area contributed by atoms with Crippen molar-refractivity contribution in [3.8, 4) is 0 Å². The number of nitrogens with one attached hydrogen (secondary N) is 1. The van der Waals surface area contributed by atoms with Gasteiger partial charge in [0, 0.05) is 38.0 Å². The lowest BCUT2D eigenvalue weighted by atomic mass is 9.96. The fourth-order valence-corrected chi connectivity index (χ4v) is 4.48. The number of benzene rings is 1. The van der Waals surface area contributed by atoms with Crippen LogP contribution in [-0.2, 0) is 9.63 Å². The Hall–Kier alpha value is -2.30. The van der Waals surface area contributed by atoms with Crippen molar-refractivity contribution >= 4 is 29.7 Å². The number of hydrogen-bond acceptors (Lipinski definition) is 7. The van der Waals surface area contributed by atoms with Crippen LogP contribution in [0, 0.1) is 0 Å². The van der Waals surface area contributed by atoms with E-state index in [-0.39, 0.29) is 23.5 Å². The molecule has 1 aromatic carbocycles. The second-order valence-corrected chi connectivity index (χ2v) is 8.86. The zero-order valence-electron chi connectivity index (χ0n) is 18.8. The number of rotatable bonds is 8. The molecule has 1 spiro atoms. The Kier molecular flexibility index (Phi) is 10.3. The highest BCUT2D eigenvalue weighted by Crippen LogP contribution is 2.33. The van der Waals surface area contributed by atoms with Crippen LogP contribution in [0.3, 0.4) is 0 Å². The molecule has 0 radical (unpaired) electrons. The van der Waals surface area contributed by atoms with Crippen molar-refractivity contribution in [3.05, 3.63) is 35.9 Å². The summed E-state index contributed by atoms with van der Waals surface area (Å²) in [7, 11) is 0. The van der Waals surface area contributed by atoms with Crippen LogP contribution in [0.4, 0.5) is 4.79 Å². The number of piperidine rings is 1. The number of amides is 2. The largest absolute Gasteiger partial charge is 0.525 e. The standard InChI is InChI=1S/C15H27N3O4S.C7H7NO/c1-3-4-8-18-13(19)12(5-11-23-2)16-15(18)6-9-17(10-7-15)22-14(20)21;8-7(9)6-4-2-1-3-5-6/h12,16H,3-11H2,1-2H3,(H,20,21);1-5H,(H2,8,9). The van der Waals surface area contributed by atoms with Crippen molar-refractivity contribution in [1.82, 2.24) is 15.3 Å². The number of primary amides is 1. The molecule has 2 amide bonds. The number of unbranched alkanes of at least 4 members (excludes halogenated alkanes) is 1. The van der Waals surface area contributed by atoms with Crippen LogP contribution >= 0.6 is 11.8 Å². The van der Waals surface area contributed by atoms with Crippen molar-refractivity contribution in [2.24, 2.45) is 5.73 Å². The van der Waals surface area contributed by atoms with Gasteiger partial charge in [-0.15, -0.1) is 5.06 Å². The summed E-state index contributed by atoms with van der Waals surface area (Å²) in [6, 6.07) is 8.64. The second-order valence-electron chi connectivity index (χ2n) is 7.87. The molecule has 2 fully saturated rings. The summed E-state index contributed by atoms with van der Waals surface area (Å²) in [6.07, 6.45) is 5.00. The molecule has 0 saturated carbocycles. The fraction of sp³-hybridized carbons (Fsp3) is 0.591. The quantitative estimate of drug-likeness (QED) is 0.534. The lowest BCUT2D eigenvalue weighted by Crippen LogP contribution is -2.59. The normalized spacial score (nSPS) is 20.0. The highest BCUT2D eigenvalue weighted by molar-refractivity contribution is 7.98. The first-order valence-electron chi connectivity index (χ1n) is 10.9. The van der Waals surface area contributed by atoms with Gasteiger partial charge in [-0.1, -0.05) is 31.5 Å². The van der Waals surface area contributed by atoms with Crippen molar-refractivity contribution in [2.75, 3.05) is 31.6 Å². The highest BCUT2D eigenvalue weighted by atomic mass is 32.2. The topological polar surface area (TPSA) is 125 Å². The number of carbonyl (C=O) groups excluding carboxylic acids is 2. The van der Waals surface area contributed by atoms with Gasteiger partial charge < -0.3 is 20.6 Å². The summed E-state index contributed by atoms with van der Waals surface area (Å²) in [5.74, 6) is 0.769. The molecule has 32 heavy (non-hydrogen) atoms. The Morgan fingerprint density at radius 2 is 1.94 bits per heavy atom. The molecular formula is C22H34N4O5S. The fourth-order valence-electron chi connectivity index (χ4n) is 4.01. The number of nitrogens with two attached hydrogens (primary N) is 1. The van der Waals surface area contributed by atoms with E-state index in [1.807, 2.05) is 17.2 Å². The van der Waals surface area contributed by atoms with Crippen LogP contribution in [0.15, 0.2) is 30.3 Å². The van der Waals surface area contributed by atoms with E-state index in [2.05, 4.69) is 12.2 Å². The average molecular weight is 467 g/mol. The number of thioether (sulfide) groups is 1. The smallest absolute Gasteiger partial charge is 0.448 e. The van der Waals surface area contributed by atoms with Gasteiger partial charge in [0.2, 0.25) is 11.8 Å². The van der Waals surface area contributed by atoms with Crippen molar-refractivity contribution in [3.63, 3.8) is 0 Å². The lowest BCUT2D eigenvalue weighted by molar-refractivity contribution is -0.156. The SMILES string of the molecule is CCCCN1C(=O)C(CCSC)NC12CCN(OC(=O)O)CC2.NC(=O)c1ccccc1. The maximum absolute atomic E-state index is 12.8. The van der Waals surface area contributed by atoms with Gasteiger partial charge in [0.15, 0.2) is 0 Å². The van der Waals surface area contributed by atoms with E-state index in [1.54, 1.807) is 36.0 Å². The molecule has 2 saturated heterocycles. The minimum absolute atomic E-state index is 0.119. The Morgan fingerprint density at radius 1 is 1.28 bits per heavy atom. The molecule has 0 bridgehead atoms. The predicted octanol–water partition coefficient (Wildman–Crippen LogP) is 2.53. The zero-order valence-corrected chi connectivity index (χ0v) is 19.6. The Bertz CT molecular complexity index is 756. The third-order valence-corrected chi connectivity index (χ3v) is 6.33. The van der Waals surface area contributed by atoms with Crippen LogP contribution < -0.4 is 11.1 Å². The lowest BCUT2D eigenvalue weighted by Gasteiger charge is -2.43. The van der Waals surface area contributed by atoms with Gasteiger partial charge in [-0.25, -0.2) is 4.79 Å². The Labute approximate surface area is 193 Å². The molecule has 178 valence electrons. The molecule has 2 aliphatic heterocycles. The van der Waals surface area contributed by atoms with Crippen molar-refractivity contribution in [1.29, 1.82) is 0 Å². The number of carboxylic acid groups (broad SMARTS) is 1. The third-order valence-electron chi connectivity index (χ3n) is 5.68. The van der Waals surface area contributed by atoms with Crippen LogP contribution in [0.2, 0.25) is 0 Å². The number of carbonyl (C=O) groups is 3. The Morgan fingerprint density at radius 3 is 2.44 bits per heavy atom. The van der Waals surface area contributed by atoms with E-state index < -0.39 is 6.16 Å². The van der Waals surface area contributed by atoms with E-state index >= 15 is 0 Å². The van der Waals surface area contributed by atoms with Gasteiger partial charge in [-0.2, -0.15) is 11.8 Å². The Balaban J connectivity index is 0.000000336. The third kappa shape index (κ3) is 7.11. The monoisotopic (exact) mass is 466 g/mol. The first-order valence-corrected chi connectivity index (χ1v) is 12.3.